The molecule has 5 nitrogen and oxygen atoms in total. The second kappa shape index (κ2) is 6.58. The number of benzene rings is 2. The van der Waals surface area contributed by atoms with Crippen molar-refractivity contribution in [2.75, 3.05) is 0 Å². The molecule has 0 aromatic heterocycles. The molecule has 5 N–H and O–H groups in total. The summed E-state index contributed by atoms with van der Waals surface area (Å²) >= 11 is 0. The molecule has 0 saturated heterocycles. The van der Waals surface area contributed by atoms with Crippen molar-refractivity contribution in [3.63, 3.8) is 0 Å². The molecule has 124 valence electrons. The van der Waals surface area contributed by atoms with E-state index in [0.29, 0.717) is 16.7 Å². The lowest BCUT2D eigenvalue weighted by molar-refractivity contribution is 0.263. The van der Waals surface area contributed by atoms with Crippen molar-refractivity contribution in [1.82, 2.24) is 0 Å². The summed E-state index contributed by atoms with van der Waals surface area (Å²) in [6, 6.07) is 8.40. The summed E-state index contributed by atoms with van der Waals surface area (Å²) < 4.78 is 0. The first-order chi connectivity index (χ1) is 10.8. The van der Waals surface area contributed by atoms with Crippen molar-refractivity contribution in [3.05, 3.63) is 58.1 Å². The van der Waals surface area contributed by atoms with Crippen molar-refractivity contribution < 1.29 is 25.5 Å². The third-order valence-electron chi connectivity index (χ3n) is 4.30. The van der Waals surface area contributed by atoms with Gasteiger partial charge in [0.1, 0.15) is 11.5 Å². The zero-order chi connectivity index (χ0) is 17.2. The molecule has 0 saturated carbocycles. The zero-order valence-electron chi connectivity index (χ0n) is 13.2. The summed E-state index contributed by atoms with van der Waals surface area (Å²) in [7, 11) is 0. The number of rotatable bonds is 5. The van der Waals surface area contributed by atoms with Crippen LogP contribution >= 0.6 is 0 Å². The van der Waals surface area contributed by atoms with Gasteiger partial charge in [-0.3, -0.25) is 0 Å². The van der Waals surface area contributed by atoms with Gasteiger partial charge in [0, 0.05) is 22.1 Å². The molecule has 0 aliphatic carbocycles. The largest absolute Gasteiger partial charge is 0.508 e. The molecule has 0 bridgehead atoms. The minimum Gasteiger partial charge on any atom is -0.508 e. The average molecular weight is 318 g/mol. The molecule has 0 aliphatic heterocycles. The third kappa shape index (κ3) is 3.17. The van der Waals surface area contributed by atoms with Gasteiger partial charge >= 0.3 is 0 Å². The number of aliphatic hydroxyl groups is 3. The summed E-state index contributed by atoms with van der Waals surface area (Å²) in [6.07, 6.45) is 0. The fourth-order valence-electron chi connectivity index (χ4n) is 2.63. The SMILES string of the molecule is CC(C)(c1ccc(O)c(CO)c1)c1cc(CO)c(O)c(CO)c1. The van der Waals surface area contributed by atoms with E-state index in [0.717, 1.165) is 11.1 Å². The van der Waals surface area contributed by atoms with Crippen molar-refractivity contribution >= 4 is 0 Å². The highest BCUT2D eigenvalue weighted by Gasteiger charge is 2.26. The summed E-state index contributed by atoms with van der Waals surface area (Å²) in [5.41, 5.74) is 2.27. The molecular weight excluding hydrogens is 296 g/mol. The monoisotopic (exact) mass is 318 g/mol. The molecular formula is C18H22O5. The van der Waals surface area contributed by atoms with Crippen molar-refractivity contribution in [3.8, 4) is 11.5 Å². The Morgan fingerprint density at radius 3 is 1.70 bits per heavy atom. The first-order valence-corrected chi connectivity index (χ1v) is 7.35. The molecule has 0 unspecified atom stereocenters. The minimum atomic E-state index is -0.515. The first-order valence-electron chi connectivity index (χ1n) is 7.35. The first kappa shape index (κ1) is 17.3. The van der Waals surface area contributed by atoms with Crippen LogP contribution in [0.25, 0.3) is 0 Å². The second-order valence-corrected chi connectivity index (χ2v) is 6.09. The molecule has 23 heavy (non-hydrogen) atoms. The Labute approximate surface area is 135 Å². The van der Waals surface area contributed by atoms with Gasteiger partial charge in [0.15, 0.2) is 0 Å². The third-order valence-corrected chi connectivity index (χ3v) is 4.30. The molecule has 5 heteroatoms. The fraction of sp³-hybridized carbons (Fsp3) is 0.333. The summed E-state index contributed by atoms with van der Waals surface area (Å²) in [4.78, 5) is 0. The fourth-order valence-corrected chi connectivity index (χ4v) is 2.63. The van der Waals surface area contributed by atoms with E-state index in [4.69, 9.17) is 0 Å². The lowest BCUT2D eigenvalue weighted by Crippen LogP contribution is -2.20. The predicted octanol–water partition coefficient (Wildman–Crippen LogP) is 1.90. The van der Waals surface area contributed by atoms with Crippen LogP contribution < -0.4 is 0 Å². The van der Waals surface area contributed by atoms with Crippen LogP contribution in [0.4, 0.5) is 0 Å². The molecule has 0 atom stereocenters. The highest BCUT2D eigenvalue weighted by Crippen LogP contribution is 2.37. The van der Waals surface area contributed by atoms with Gasteiger partial charge in [0.25, 0.3) is 0 Å². The quantitative estimate of drug-likeness (QED) is 0.580. The predicted molar refractivity (Wildman–Crippen MR) is 86.1 cm³/mol. The summed E-state index contributed by atoms with van der Waals surface area (Å²) in [5.74, 6) is -0.0684. The number of hydrogen-bond acceptors (Lipinski definition) is 5. The van der Waals surface area contributed by atoms with Gasteiger partial charge in [-0.05, 0) is 35.4 Å². The Bertz CT molecular complexity index is 682. The zero-order valence-corrected chi connectivity index (χ0v) is 13.2. The van der Waals surface area contributed by atoms with Crippen LogP contribution in [0.2, 0.25) is 0 Å². The number of phenols is 2. The van der Waals surface area contributed by atoms with Crippen molar-refractivity contribution in [2.45, 2.75) is 39.1 Å². The molecule has 0 heterocycles. The van der Waals surface area contributed by atoms with Crippen LogP contribution in [0.5, 0.6) is 11.5 Å². The maximum absolute atomic E-state index is 9.98. The molecule has 2 aromatic carbocycles. The standard InChI is InChI=1S/C18H22O5/c1-18(2,14-3-4-16(22)11(5-14)8-19)15-6-12(9-20)17(23)13(7-15)10-21/h3-7,19-23H,8-10H2,1-2H3. The van der Waals surface area contributed by atoms with Gasteiger partial charge in [0.2, 0.25) is 0 Å². The van der Waals surface area contributed by atoms with E-state index >= 15 is 0 Å². The normalized spacial score (nSPS) is 11.7. The lowest BCUT2D eigenvalue weighted by Gasteiger charge is -2.28. The average Bonchev–Trinajstić information content (AvgIpc) is 2.55. The van der Waals surface area contributed by atoms with E-state index in [-0.39, 0.29) is 31.3 Å². The Morgan fingerprint density at radius 1 is 0.739 bits per heavy atom. The van der Waals surface area contributed by atoms with E-state index < -0.39 is 5.41 Å². The maximum Gasteiger partial charge on any atom is 0.126 e. The highest BCUT2D eigenvalue weighted by atomic mass is 16.3. The molecule has 0 radical (unpaired) electrons. The van der Waals surface area contributed by atoms with Gasteiger partial charge in [0.05, 0.1) is 19.8 Å². The lowest BCUT2D eigenvalue weighted by atomic mass is 9.76. The van der Waals surface area contributed by atoms with Crippen molar-refractivity contribution in [2.24, 2.45) is 0 Å². The topological polar surface area (TPSA) is 101 Å². The van der Waals surface area contributed by atoms with Crippen molar-refractivity contribution in [1.29, 1.82) is 0 Å². The number of hydrogen-bond donors (Lipinski definition) is 5. The van der Waals surface area contributed by atoms with Crippen LogP contribution in [-0.4, -0.2) is 25.5 Å². The van der Waals surface area contributed by atoms with E-state index in [1.165, 1.54) is 6.07 Å². The van der Waals surface area contributed by atoms with E-state index in [1.54, 1.807) is 24.3 Å². The van der Waals surface area contributed by atoms with Crippen LogP contribution in [-0.2, 0) is 25.2 Å². The maximum atomic E-state index is 9.98. The Kier molecular flexibility index (Phi) is 4.94. The van der Waals surface area contributed by atoms with E-state index in [1.807, 2.05) is 13.8 Å². The highest BCUT2D eigenvalue weighted by molar-refractivity contribution is 5.50. The molecule has 0 amide bonds. The number of aliphatic hydroxyl groups excluding tert-OH is 3. The van der Waals surface area contributed by atoms with E-state index in [2.05, 4.69) is 0 Å². The molecule has 2 aromatic rings. The van der Waals surface area contributed by atoms with Gasteiger partial charge in [-0.2, -0.15) is 0 Å². The Morgan fingerprint density at radius 2 is 1.22 bits per heavy atom. The van der Waals surface area contributed by atoms with E-state index in [9.17, 15) is 25.5 Å². The summed E-state index contributed by atoms with van der Waals surface area (Å²) in [6.45, 7) is 2.97. The van der Waals surface area contributed by atoms with Gasteiger partial charge in [-0.15, -0.1) is 0 Å². The van der Waals surface area contributed by atoms with Crippen LogP contribution in [0, 0.1) is 0 Å². The minimum absolute atomic E-state index is 0.0323. The molecule has 0 fully saturated rings. The second-order valence-electron chi connectivity index (χ2n) is 6.09. The van der Waals surface area contributed by atoms with Crippen LogP contribution in [0.15, 0.2) is 30.3 Å². The summed E-state index contributed by atoms with van der Waals surface area (Å²) in [5, 5.41) is 47.8. The smallest absolute Gasteiger partial charge is 0.126 e. The van der Waals surface area contributed by atoms with Crippen LogP contribution in [0.3, 0.4) is 0 Å². The Hall–Kier alpha value is -2.08. The van der Waals surface area contributed by atoms with Gasteiger partial charge < -0.3 is 25.5 Å². The van der Waals surface area contributed by atoms with Gasteiger partial charge in [-0.1, -0.05) is 19.9 Å². The van der Waals surface area contributed by atoms with Crippen LogP contribution in [0.1, 0.15) is 41.7 Å². The molecule has 2 rings (SSSR count). The molecule has 0 aliphatic rings. The van der Waals surface area contributed by atoms with Gasteiger partial charge in [-0.25, -0.2) is 0 Å². The molecule has 0 spiro atoms. The Balaban J connectivity index is 2.59. The number of aromatic hydroxyl groups is 2.